The van der Waals surface area contributed by atoms with Crippen molar-refractivity contribution in [3.8, 4) is 0 Å². The number of nitrogens with zero attached hydrogens (tertiary/aromatic N) is 2. The highest BCUT2D eigenvalue weighted by Gasteiger charge is 2.18. The van der Waals surface area contributed by atoms with Crippen LogP contribution in [0.5, 0.6) is 0 Å². The van der Waals surface area contributed by atoms with Gasteiger partial charge < -0.3 is 20.4 Å². The standard InChI is InChI=1S/C22H30N4O2S/c1-25(2)19(20-8-7-15-29-20)16-23-22(28)24-18-11-9-17(10-12-18)21(27)26-13-5-3-4-6-14-26/h7-12,15,19H,3-6,13-14,16H2,1-2H3,(H2,23,24,28). The summed E-state index contributed by atoms with van der Waals surface area (Å²) in [6, 6.07) is 11.1. The maximum Gasteiger partial charge on any atom is 0.319 e. The molecule has 6 nitrogen and oxygen atoms in total. The quantitative estimate of drug-likeness (QED) is 0.745. The number of amides is 3. The van der Waals surface area contributed by atoms with E-state index in [-0.39, 0.29) is 18.0 Å². The smallest absolute Gasteiger partial charge is 0.319 e. The van der Waals surface area contributed by atoms with E-state index in [2.05, 4.69) is 21.6 Å². The van der Waals surface area contributed by atoms with Crippen molar-refractivity contribution in [2.45, 2.75) is 31.7 Å². The van der Waals surface area contributed by atoms with Gasteiger partial charge >= 0.3 is 6.03 Å². The van der Waals surface area contributed by atoms with Gasteiger partial charge in [-0.15, -0.1) is 11.3 Å². The third-order valence-electron chi connectivity index (χ3n) is 5.23. The first-order valence-corrected chi connectivity index (χ1v) is 11.1. The van der Waals surface area contributed by atoms with Gasteiger partial charge in [0.25, 0.3) is 5.91 Å². The largest absolute Gasteiger partial charge is 0.339 e. The lowest BCUT2D eigenvalue weighted by molar-refractivity contribution is 0.0761. The van der Waals surface area contributed by atoms with Crippen molar-refractivity contribution in [3.63, 3.8) is 0 Å². The third kappa shape index (κ3) is 6.05. The zero-order chi connectivity index (χ0) is 20.6. The second-order valence-corrected chi connectivity index (χ2v) is 8.59. The SMILES string of the molecule is CN(C)C(CNC(=O)Nc1ccc(C(=O)N2CCCCCC2)cc1)c1cccs1. The summed E-state index contributed by atoms with van der Waals surface area (Å²) in [5, 5.41) is 7.83. The number of rotatable bonds is 6. The highest BCUT2D eigenvalue weighted by molar-refractivity contribution is 7.10. The number of benzene rings is 1. The van der Waals surface area contributed by atoms with Crippen molar-refractivity contribution in [2.75, 3.05) is 39.0 Å². The Morgan fingerprint density at radius 1 is 1.07 bits per heavy atom. The highest BCUT2D eigenvalue weighted by atomic mass is 32.1. The maximum atomic E-state index is 12.7. The summed E-state index contributed by atoms with van der Waals surface area (Å²) in [6.07, 6.45) is 4.54. The minimum atomic E-state index is -0.250. The van der Waals surface area contributed by atoms with Gasteiger partial charge in [0.05, 0.1) is 6.04 Å². The molecule has 2 aromatic rings. The first-order chi connectivity index (χ1) is 14.0. The van der Waals surface area contributed by atoms with Gasteiger partial charge in [-0.25, -0.2) is 4.79 Å². The van der Waals surface area contributed by atoms with Gasteiger partial charge in [0.2, 0.25) is 0 Å². The number of anilines is 1. The maximum absolute atomic E-state index is 12.7. The van der Waals surface area contributed by atoms with Crippen molar-refractivity contribution in [2.24, 2.45) is 0 Å². The molecule has 29 heavy (non-hydrogen) atoms. The van der Waals surface area contributed by atoms with Gasteiger partial charge in [0.1, 0.15) is 0 Å². The van der Waals surface area contributed by atoms with E-state index in [1.807, 2.05) is 30.4 Å². The summed E-state index contributed by atoms with van der Waals surface area (Å²) in [5.41, 5.74) is 1.34. The van der Waals surface area contributed by atoms with Crippen LogP contribution in [-0.2, 0) is 0 Å². The van der Waals surface area contributed by atoms with Crippen molar-refractivity contribution in [3.05, 3.63) is 52.2 Å². The van der Waals surface area contributed by atoms with Crippen molar-refractivity contribution >= 4 is 29.0 Å². The minimum absolute atomic E-state index is 0.0766. The normalized spacial score (nSPS) is 15.6. The van der Waals surface area contributed by atoms with Crippen LogP contribution in [0.25, 0.3) is 0 Å². The molecule has 0 saturated carbocycles. The fourth-order valence-corrected chi connectivity index (χ4v) is 4.46. The molecule has 0 aliphatic carbocycles. The number of nitrogens with one attached hydrogen (secondary N) is 2. The van der Waals surface area contributed by atoms with Gasteiger partial charge in [-0.05, 0) is 62.6 Å². The van der Waals surface area contributed by atoms with Gasteiger partial charge in [0, 0.05) is 35.8 Å². The number of carbonyl (C=O) groups is 2. The monoisotopic (exact) mass is 414 g/mol. The zero-order valence-corrected chi connectivity index (χ0v) is 18.0. The Hall–Kier alpha value is -2.38. The molecule has 7 heteroatoms. The van der Waals surface area contributed by atoms with Crippen molar-refractivity contribution in [1.29, 1.82) is 0 Å². The fourth-order valence-electron chi connectivity index (χ4n) is 3.54. The van der Waals surface area contributed by atoms with Gasteiger partial charge in [-0.1, -0.05) is 18.9 Å². The number of carbonyl (C=O) groups excluding carboxylic acids is 2. The fraction of sp³-hybridized carbons (Fsp3) is 0.455. The number of thiophene rings is 1. The zero-order valence-electron chi connectivity index (χ0n) is 17.2. The topological polar surface area (TPSA) is 64.7 Å². The predicted molar refractivity (Wildman–Crippen MR) is 119 cm³/mol. The van der Waals surface area contributed by atoms with Crippen molar-refractivity contribution < 1.29 is 9.59 Å². The molecule has 1 aliphatic heterocycles. The lowest BCUT2D eigenvalue weighted by Crippen LogP contribution is -2.36. The molecule has 1 aromatic carbocycles. The van der Waals surface area contributed by atoms with Crippen LogP contribution in [0.2, 0.25) is 0 Å². The molecule has 0 spiro atoms. The molecule has 1 atom stereocenters. The lowest BCUT2D eigenvalue weighted by Gasteiger charge is -2.23. The molecule has 156 valence electrons. The summed E-state index contributed by atoms with van der Waals surface area (Å²) in [6.45, 7) is 2.18. The Bertz CT molecular complexity index is 782. The second kappa shape index (κ2) is 10.4. The third-order valence-corrected chi connectivity index (χ3v) is 6.21. The molecule has 2 N–H and O–H groups in total. The molecule has 0 radical (unpaired) electrons. The molecule has 1 fully saturated rings. The van der Waals surface area contributed by atoms with Crippen LogP contribution in [0.15, 0.2) is 41.8 Å². The molecule has 1 unspecified atom stereocenters. The highest BCUT2D eigenvalue weighted by Crippen LogP contribution is 2.22. The van der Waals surface area contributed by atoms with Crippen LogP contribution < -0.4 is 10.6 Å². The number of likely N-dealkylation sites (N-methyl/N-ethyl adjacent to an activating group) is 1. The van der Waals surface area contributed by atoms with Crippen LogP contribution in [0, 0.1) is 0 Å². The minimum Gasteiger partial charge on any atom is -0.339 e. The van der Waals surface area contributed by atoms with Crippen molar-refractivity contribution in [1.82, 2.24) is 15.1 Å². The van der Waals surface area contributed by atoms with E-state index >= 15 is 0 Å². The summed E-state index contributed by atoms with van der Waals surface area (Å²) in [4.78, 5) is 30.2. The van der Waals surface area contributed by atoms with Crippen LogP contribution in [0.1, 0.15) is 47.0 Å². The number of likely N-dealkylation sites (tertiary alicyclic amines) is 1. The molecule has 1 saturated heterocycles. The van der Waals surface area contributed by atoms with E-state index < -0.39 is 0 Å². The van der Waals surface area contributed by atoms with E-state index in [0.29, 0.717) is 17.8 Å². The van der Waals surface area contributed by atoms with Gasteiger partial charge in [-0.3, -0.25) is 4.79 Å². The molecule has 1 aliphatic rings. The second-order valence-electron chi connectivity index (χ2n) is 7.61. The van der Waals surface area contributed by atoms with E-state index in [9.17, 15) is 9.59 Å². The molecule has 3 amide bonds. The average molecular weight is 415 g/mol. The Morgan fingerprint density at radius 3 is 2.34 bits per heavy atom. The summed E-state index contributed by atoms with van der Waals surface area (Å²) < 4.78 is 0. The Labute approximate surface area is 176 Å². The lowest BCUT2D eigenvalue weighted by atomic mass is 10.1. The van der Waals surface area contributed by atoms with Gasteiger partial charge in [0.15, 0.2) is 0 Å². The first kappa shape index (κ1) is 21.3. The van der Waals surface area contributed by atoms with Crippen LogP contribution in [-0.4, -0.2) is 55.5 Å². The average Bonchev–Trinajstić information content (AvgIpc) is 3.09. The van der Waals surface area contributed by atoms with Crippen LogP contribution in [0.4, 0.5) is 10.5 Å². The van der Waals surface area contributed by atoms with Crippen LogP contribution in [0.3, 0.4) is 0 Å². The van der Waals surface area contributed by atoms with E-state index in [0.717, 1.165) is 25.9 Å². The summed E-state index contributed by atoms with van der Waals surface area (Å²) in [7, 11) is 4.01. The molecular weight excluding hydrogens is 384 g/mol. The summed E-state index contributed by atoms with van der Waals surface area (Å²) >= 11 is 1.68. The Kier molecular flexibility index (Phi) is 7.66. The number of urea groups is 1. The number of hydrogen-bond acceptors (Lipinski definition) is 4. The van der Waals surface area contributed by atoms with E-state index in [4.69, 9.17) is 0 Å². The number of hydrogen-bond donors (Lipinski definition) is 2. The summed E-state index contributed by atoms with van der Waals surface area (Å²) in [5.74, 6) is 0.0766. The molecule has 3 rings (SSSR count). The predicted octanol–water partition coefficient (Wildman–Crippen LogP) is 4.19. The molecule has 2 heterocycles. The Morgan fingerprint density at radius 2 is 1.76 bits per heavy atom. The molecule has 0 bridgehead atoms. The van der Waals surface area contributed by atoms with E-state index in [1.165, 1.54) is 17.7 Å². The first-order valence-electron chi connectivity index (χ1n) is 10.2. The van der Waals surface area contributed by atoms with Crippen LogP contribution >= 0.6 is 11.3 Å². The Balaban J connectivity index is 1.52. The molecular formula is C22H30N4O2S. The van der Waals surface area contributed by atoms with Gasteiger partial charge in [-0.2, -0.15) is 0 Å². The van der Waals surface area contributed by atoms with E-state index in [1.54, 1.807) is 35.6 Å². The molecule has 1 aromatic heterocycles.